The second-order valence-corrected chi connectivity index (χ2v) is 8.12. The number of unbranched alkanes of at least 4 members (excludes halogenated alkanes) is 2. The van der Waals surface area contributed by atoms with Gasteiger partial charge in [-0.1, -0.05) is 19.4 Å². The quantitative estimate of drug-likeness (QED) is 0.295. The second-order valence-electron chi connectivity index (χ2n) is 8.12. The molecule has 2 heterocycles. The highest BCUT2D eigenvalue weighted by Crippen LogP contribution is 2.28. The first kappa shape index (κ1) is 25.0. The summed E-state index contributed by atoms with van der Waals surface area (Å²) in [6.45, 7) is 5.69. The molecule has 1 aromatic rings. The molecule has 0 bridgehead atoms. The monoisotopic (exact) mass is 466 g/mol. The Morgan fingerprint density at radius 3 is 2.88 bits per heavy atom. The molecule has 0 radical (unpaired) electrons. The number of methoxy groups -OCH3 is 1. The van der Waals surface area contributed by atoms with Crippen LogP contribution in [-0.2, 0) is 13.0 Å². The Hall–Kier alpha value is -3.62. The number of ether oxygens (including phenoxy) is 1. The van der Waals surface area contributed by atoms with Gasteiger partial charge in [-0.3, -0.25) is 4.79 Å². The van der Waals surface area contributed by atoms with Crippen LogP contribution in [0.3, 0.4) is 0 Å². The zero-order chi connectivity index (χ0) is 24.3. The number of carbonyl (C=O) groups is 2. The van der Waals surface area contributed by atoms with E-state index in [1.807, 2.05) is 37.3 Å². The Bertz CT molecular complexity index is 999. The molecule has 34 heavy (non-hydrogen) atoms. The number of allylic oxidation sites excluding steroid dienone is 3. The molecule has 0 spiro atoms. The number of dihydropyridines is 1. The zero-order valence-corrected chi connectivity index (χ0v) is 20.1. The third kappa shape index (κ3) is 6.69. The minimum absolute atomic E-state index is 0.0952. The molecule has 182 valence electrons. The molecule has 3 N–H and O–H groups in total. The topological polar surface area (TPSA) is 107 Å². The third-order valence-corrected chi connectivity index (χ3v) is 5.61. The van der Waals surface area contributed by atoms with Crippen molar-refractivity contribution in [2.45, 2.75) is 52.2 Å². The number of nitrogens with one attached hydrogen (secondary N) is 3. The van der Waals surface area contributed by atoms with Crippen LogP contribution in [0.4, 0.5) is 4.79 Å². The molecule has 1 unspecified atom stereocenters. The van der Waals surface area contributed by atoms with Crippen molar-refractivity contribution in [1.29, 1.82) is 0 Å². The Morgan fingerprint density at radius 2 is 2.12 bits per heavy atom. The minimum atomic E-state index is -0.407. The van der Waals surface area contributed by atoms with Gasteiger partial charge in [-0.05, 0) is 61.6 Å². The highest BCUT2D eigenvalue weighted by atomic mass is 16.5. The van der Waals surface area contributed by atoms with Crippen LogP contribution in [0.2, 0.25) is 0 Å². The molecular weight excluding hydrogens is 432 g/mol. The number of benzene rings is 1. The van der Waals surface area contributed by atoms with Gasteiger partial charge in [-0.2, -0.15) is 10.2 Å². The molecule has 0 saturated carbocycles. The average Bonchev–Trinajstić information content (AvgIpc) is 2.85. The van der Waals surface area contributed by atoms with Crippen LogP contribution >= 0.6 is 0 Å². The van der Waals surface area contributed by atoms with Gasteiger partial charge in [0.25, 0.3) is 5.91 Å². The number of fused-ring (bicyclic) bond motifs is 1. The Morgan fingerprint density at radius 1 is 1.26 bits per heavy atom. The van der Waals surface area contributed by atoms with E-state index in [0.29, 0.717) is 37.4 Å². The summed E-state index contributed by atoms with van der Waals surface area (Å²) in [5, 5.41) is 17.1. The lowest BCUT2D eigenvalue weighted by Crippen LogP contribution is -2.45. The summed E-state index contributed by atoms with van der Waals surface area (Å²) in [5.74, 6) is 0.244. The highest BCUT2D eigenvalue weighted by molar-refractivity contribution is 5.97. The summed E-state index contributed by atoms with van der Waals surface area (Å²) in [5.41, 5.74) is 3.21. The number of hydrogen-bond donors (Lipinski definition) is 3. The predicted molar refractivity (Wildman–Crippen MR) is 134 cm³/mol. The Balaban J connectivity index is 1.65. The summed E-state index contributed by atoms with van der Waals surface area (Å²) >= 11 is 0. The van der Waals surface area contributed by atoms with Crippen molar-refractivity contribution < 1.29 is 14.3 Å². The van der Waals surface area contributed by atoms with Crippen LogP contribution in [-0.4, -0.2) is 55.6 Å². The summed E-state index contributed by atoms with van der Waals surface area (Å²) in [6, 6.07) is 3.63. The predicted octanol–water partition coefficient (Wildman–Crippen LogP) is 3.13. The Labute approximate surface area is 201 Å². The summed E-state index contributed by atoms with van der Waals surface area (Å²) in [7, 11) is 1.55. The van der Waals surface area contributed by atoms with Crippen LogP contribution in [0.25, 0.3) is 0 Å². The maximum Gasteiger partial charge on any atom is 0.317 e. The fourth-order valence-corrected chi connectivity index (χ4v) is 3.79. The fourth-order valence-electron chi connectivity index (χ4n) is 3.79. The highest BCUT2D eigenvalue weighted by Gasteiger charge is 2.25. The lowest BCUT2D eigenvalue weighted by atomic mass is 9.96. The normalized spacial score (nSPS) is 17.3. The molecule has 3 rings (SSSR count). The van der Waals surface area contributed by atoms with E-state index < -0.39 is 6.17 Å². The van der Waals surface area contributed by atoms with Gasteiger partial charge < -0.3 is 25.6 Å². The number of urea groups is 1. The molecule has 1 atom stereocenters. The van der Waals surface area contributed by atoms with Gasteiger partial charge in [-0.25, -0.2) is 4.79 Å². The lowest BCUT2D eigenvalue weighted by molar-refractivity contribution is 0.0937. The van der Waals surface area contributed by atoms with Gasteiger partial charge in [-0.15, -0.1) is 0 Å². The van der Waals surface area contributed by atoms with Crippen LogP contribution in [0, 0.1) is 0 Å². The number of hydrogen-bond acceptors (Lipinski definition) is 6. The molecule has 1 aromatic carbocycles. The first-order valence-electron chi connectivity index (χ1n) is 11.8. The Kier molecular flexibility index (Phi) is 9.25. The van der Waals surface area contributed by atoms with E-state index in [1.165, 1.54) is 0 Å². The van der Waals surface area contributed by atoms with Crippen molar-refractivity contribution in [3.8, 4) is 5.75 Å². The van der Waals surface area contributed by atoms with Gasteiger partial charge in [0.15, 0.2) is 0 Å². The number of nitrogens with zero attached hydrogens (tertiary/aromatic N) is 3. The maximum absolute atomic E-state index is 13.1. The fraction of sp³-hybridized carbons (Fsp3) is 0.440. The largest absolute Gasteiger partial charge is 0.496 e. The second kappa shape index (κ2) is 12.6. The zero-order valence-electron chi connectivity index (χ0n) is 20.1. The van der Waals surface area contributed by atoms with E-state index in [2.05, 4.69) is 33.1 Å². The summed E-state index contributed by atoms with van der Waals surface area (Å²) in [6.07, 6.45) is 12.4. The smallest absolute Gasteiger partial charge is 0.317 e. The third-order valence-electron chi connectivity index (χ3n) is 5.61. The van der Waals surface area contributed by atoms with E-state index in [-0.39, 0.29) is 11.9 Å². The van der Waals surface area contributed by atoms with Gasteiger partial charge >= 0.3 is 6.03 Å². The standard InChI is InChI=1S/C25H34N6O3/c1-4-6-7-12-27-28-16-20-9-8-10-23(29-20)30-24(32)21-14-19-17-31(25(33)26-5-2)13-11-18(19)15-22(21)34-3/h8-10,12,14-16,23,29H,4-7,11,13,17H2,1-3H3,(H,26,33)(H,30,32)/b27-12+,28-16+. The van der Waals surface area contributed by atoms with E-state index in [9.17, 15) is 9.59 Å². The molecule has 2 aliphatic rings. The molecule has 9 heteroatoms. The van der Waals surface area contributed by atoms with E-state index in [0.717, 1.165) is 36.1 Å². The first-order chi connectivity index (χ1) is 16.5. The van der Waals surface area contributed by atoms with Crippen molar-refractivity contribution in [2.75, 3.05) is 20.2 Å². The number of amides is 3. The van der Waals surface area contributed by atoms with Crippen LogP contribution in [0.1, 0.15) is 54.6 Å². The molecule has 9 nitrogen and oxygen atoms in total. The van der Waals surface area contributed by atoms with E-state index >= 15 is 0 Å². The molecule has 2 aliphatic heterocycles. The lowest BCUT2D eigenvalue weighted by Gasteiger charge is -2.30. The van der Waals surface area contributed by atoms with Crippen LogP contribution in [0.5, 0.6) is 5.75 Å². The van der Waals surface area contributed by atoms with Crippen molar-refractivity contribution in [3.05, 3.63) is 52.7 Å². The summed E-state index contributed by atoms with van der Waals surface area (Å²) in [4.78, 5) is 27.1. The van der Waals surface area contributed by atoms with Crippen molar-refractivity contribution in [1.82, 2.24) is 20.9 Å². The molecule has 0 aromatic heterocycles. The summed E-state index contributed by atoms with van der Waals surface area (Å²) < 4.78 is 5.51. The number of carbonyl (C=O) groups excluding carboxylic acids is 2. The van der Waals surface area contributed by atoms with E-state index in [1.54, 1.807) is 24.4 Å². The minimum Gasteiger partial charge on any atom is -0.496 e. The molecule has 0 aliphatic carbocycles. The van der Waals surface area contributed by atoms with Gasteiger partial charge in [0, 0.05) is 25.8 Å². The average molecular weight is 467 g/mol. The van der Waals surface area contributed by atoms with Crippen molar-refractivity contribution in [3.63, 3.8) is 0 Å². The molecule has 0 saturated heterocycles. The molecular formula is C25H34N6O3. The number of rotatable bonds is 9. The maximum atomic E-state index is 13.1. The van der Waals surface area contributed by atoms with Crippen LogP contribution < -0.4 is 20.7 Å². The van der Waals surface area contributed by atoms with Crippen LogP contribution in [0.15, 0.2) is 46.3 Å². The van der Waals surface area contributed by atoms with Gasteiger partial charge in [0.1, 0.15) is 11.9 Å². The van der Waals surface area contributed by atoms with Crippen molar-refractivity contribution >= 4 is 24.4 Å². The first-order valence-corrected chi connectivity index (χ1v) is 11.8. The van der Waals surface area contributed by atoms with Crippen molar-refractivity contribution in [2.24, 2.45) is 10.2 Å². The molecule has 0 fully saturated rings. The molecule has 3 amide bonds. The van der Waals surface area contributed by atoms with E-state index in [4.69, 9.17) is 4.74 Å². The van der Waals surface area contributed by atoms with Gasteiger partial charge in [0.05, 0.1) is 24.6 Å². The SMILES string of the molecule is CCCC/C=N/N=C/C1=CC=CC(NC(=O)c2cc3c(cc2OC)CCN(C(=O)NCC)C3)N1. The van der Waals surface area contributed by atoms with Gasteiger partial charge in [0.2, 0.25) is 0 Å².